The highest BCUT2D eigenvalue weighted by Crippen LogP contribution is 2.27. The first kappa shape index (κ1) is 18.8. The molecule has 2 rings (SSSR count). The molecular weight excluding hydrogens is 363 g/mol. The molecule has 0 atom stereocenters. The lowest BCUT2D eigenvalue weighted by molar-refractivity contribution is -0.144. The van der Waals surface area contributed by atoms with E-state index in [0.717, 1.165) is 7.05 Å². The molecule has 2 aromatic rings. The highest BCUT2D eigenvalue weighted by Gasteiger charge is 2.35. The molecule has 1 heterocycles. The Bertz CT molecular complexity index is 932. The molecule has 0 aliphatic rings. The van der Waals surface area contributed by atoms with Gasteiger partial charge in [0.15, 0.2) is 0 Å². The molecule has 0 unspecified atom stereocenters. The monoisotopic (exact) mass is 375 g/mol. The van der Waals surface area contributed by atoms with Gasteiger partial charge in [-0.3, -0.25) is 9.36 Å². The van der Waals surface area contributed by atoms with Crippen LogP contribution in [0, 0.1) is 0 Å². The molecule has 0 fully saturated rings. The lowest BCUT2D eigenvalue weighted by Crippen LogP contribution is -2.40. The number of alkyl halides is 3. The average molecular weight is 376 g/mol. The number of aromatic nitrogens is 2. The third kappa shape index (κ3) is 3.93. The van der Waals surface area contributed by atoms with Gasteiger partial charge in [-0.25, -0.2) is 9.36 Å². The first-order valence-corrected chi connectivity index (χ1v) is 7.40. The summed E-state index contributed by atoms with van der Waals surface area (Å²) in [5.41, 5.74) is -3.17. The molecule has 0 saturated carbocycles. The Kier molecular flexibility index (Phi) is 5.36. The van der Waals surface area contributed by atoms with Crippen molar-refractivity contribution in [3.8, 4) is 5.69 Å². The Hall–Kier alpha value is -2.55. The average Bonchev–Trinajstić information content (AvgIpc) is 2.53. The van der Waals surface area contributed by atoms with Crippen LogP contribution in [0.3, 0.4) is 0 Å². The van der Waals surface area contributed by atoms with Gasteiger partial charge in [-0.2, -0.15) is 13.2 Å². The van der Waals surface area contributed by atoms with Crippen molar-refractivity contribution in [1.82, 2.24) is 9.13 Å². The van der Waals surface area contributed by atoms with Crippen LogP contribution in [0.1, 0.15) is 18.2 Å². The Morgan fingerprint density at radius 2 is 1.96 bits per heavy atom. The normalized spacial score (nSPS) is 11.9. The van der Waals surface area contributed by atoms with E-state index < -0.39 is 23.1 Å². The Balaban J connectivity index is 2.64. The van der Waals surface area contributed by atoms with Gasteiger partial charge in [0, 0.05) is 23.7 Å². The largest absolute Gasteiger partial charge is 0.431 e. The molecule has 0 bridgehead atoms. The summed E-state index contributed by atoms with van der Waals surface area (Å²) in [7, 11) is 0.939. The smallest absolute Gasteiger partial charge is 0.396 e. The summed E-state index contributed by atoms with van der Waals surface area (Å²) < 4.78 is 39.6. The molecule has 1 aromatic heterocycles. The topological polar surface area (TPSA) is 65.6 Å². The van der Waals surface area contributed by atoms with Gasteiger partial charge in [0.1, 0.15) is 12.3 Å². The first-order valence-electron chi connectivity index (χ1n) is 7.02. The zero-order chi connectivity index (χ0) is 18.8. The minimum Gasteiger partial charge on any atom is -0.396 e. The molecule has 134 valence electrons. The van der Waals surface area contributed by atoms with Crippen LogP contribution in [0.5, 0.6) is 0 Å². The number of benzene rings is 1. The minimum absolute atomic E-state index is 0.0571. The van der Waals surface area contributed by atoms with Crippen molar-refractivity contribution in [2.75, 3.05) is 6.61 Å². The third-order valence-corrected chi connectivity index (χ3v) is 3.59. The van der Waals surface area contributed by atoms with E-state index in [-0.39, 0.29) is 10.7 Å². The van der Waals surface area contributed by atoms with Crippen molar-refractivity contribution < 1.29 is 18.0 Å². The molecule has 0 aliphatic carbocycles. The summed E-state index contributed by atoms with van der Waals surface area (Å²) >= 11 is 5.99. The summed E-state index contributed by atoms with van der Waals surface area (Å²) in [6.07, 6.45) is -3.55. The predicted molar refractivity (Wildman–Crippen MR) is 86.5 cm³/mol. The van der Waals surface area contributed by atoms with E-state index in [0.29, 0.717) is 27.4 Å². The summed E-state index contributed by atoms with van der Waals surface area (Å²) in [5.74, 6) is 0. The Morgan fingerprint density at radius 1 is 1.28 bits per heavy atom. The fraction of sp³-hybridized carbons (Fsp3) is 0.267. The van der Waals surface area contributed by atoms with E-state index in [1.807, 2.05) is 0 Å². The maximum absolute atomic E-state index is 12.9. The quantitative estimate of drug-likeness (QED) is 0.609. The van der Waals surface area contributed by atoms with Crippen LogP contribution < -0.4 is 11.2 Å². The van der Waals surface area contributed by atoms with Crippen LogP contribution in [0.25, 0.3) is 5.69 Å². The van der Waals surface area contributed by atoms with E-state index in [1.54, 1.807) is 6.92 Å². The van der Waals surface area contributed by atoms with E-state index in [4.69, 9.17) is 16.4 Å². The van der Waals surface area contributed by atoms with Crippen LogP contribution >= 0.6 is 11.6 Å². The number of oxime groups is 1. The number of rotatable bonds is 4. The number of halogens is 4. The van der Waals surface area contributed by atoms with E-state index >= 15 is 0 Å². The summed E-state index contributed by atoms with van der Waals surface area (Å²) in [6.45, 7) is 2.05. The highest BCUT2D eigenvalue weighted by atomic mass is 35.5. The van der Waals surface area contributed by atoms with Crippen molar-refractivity contribution in [3.63, 3.8) is 0 Å². The zero-order valence-corrected chi connectivity index (χ0v) is 13.9. The maximum Gasteiger partial charge on any atom is 0.431 e. The summed E-state index contributed by atoms with van der Waals surface area (Å²) in [4.78, 5) is 29.1. The van der Waals surface area contributed by atoms with Crippen LogP contribution in [0.15, 0.2) is 39.0 Å². The third-order valence-electron chi connectivity index (χ3n) is 3.24. The standard InChI is InChI=1S/C15H13ClF3N3O3/c1-3-25-20-8-9-6-10(4-5-11(9)16)22-13(23)7-12(15(17,18)19)21(2)14(22)24/h4-8H,3H2,1-2H3/b20-8+. The molecule has 25 heavy (non-hydrogen) atoms. The van der Waals surface area contributed by atoms with Crippen molar-refractivity contribution >= 4 is 17.8 Å². The van der Waals surface area contributed by atoms with E-state index in [9.17, 15) is 22.8 Å². The van der Waals surface area contributed by atoms with Crippen molar-refractivity contribution in [2.45, 2.75) is 13.1 Å². The molecule has 6 nitrogen and oxygen atoms in total. The van der Waals surface area contributed by atoms with Gasteiger partial charge in [-0.05, 0) is 25.1 Å². The Morgan fingerprint density at radius 3 is 2.56 bits per heavy atom. The maximum atomic E-state index is 12.9. The number of nitrogens with zero attached hydrogens (tertiary/aromatic N) is 3. The molecule has 0 saturated heterocycles. The summed E-state index contributed by atoms with van der Waals surface area (Å²) in [6, 6.07) is 4.45. The molecule has 0 amide bonds. The van der Waals surface area contributed by atoms with Gasteiger partial charge in [0.2, 0.25) is 0 Å². The second kappa shape index (κ2) is 7.14. The van der Waals surface area contributed by atoms with Crippen molar-refractivity contribution in [3.05, 3.63) is 61.4 Å². The van der Waals surface area contributed by atoms with Gasteiger partial charge in [-0.15, -0.1) is 0 Å². The molecule has 0 aliphatic heterocycles. The van der Waals surface area contributed by atoms with Crippen molar-refractivity contribution in [1.29, 1.82) is 0 Å². The summed E-state index contributed by atoms with van der Waals surface area (Å²) in [5, 5.41) is 3.90. The minimum atomic E-state index is -4.82. The molecule has 0 spiro atoms. The molecule has 10 heteroatoms. The van der Waals surface area contributed by atoms with Crippen molar-refractivity contribution in [2.24, 2.45) is 12.2 Å². The molecule has 0 N–H and O–H groups in total. The fourth-order valence-electron chi connectivity index (χ4n) is 2.07. The first-order chi connectivity index (χ1) is 11.7. The van der Waals surface area contributed by atoms with Crippen LogP contribution in [0.2, 0.25) is 5.02 Å². The molecule has 1 aromatic carbocycles. The van der Waals surface area contributed by atoms with Gasteiger partial charge < -0.3 is 4.84 Å². The second-order valence-electron chi connectivity index (χ2n) is 4.90. The van der Waals surface area contributed by atoms with Gasteiger partial charge in [-0.1, -0.05) is 16.8 Å². The van der Waals surface area contributed by atoms with Gasteiger partial charge >= 0.3 is 11.9 Å². The van der Waals surface area contributed by atoms with Crippen LogP contribution in [0.4, 0.5) is 13.2 Å². The van der Waals surface area contributed by atoms with Gasteiger partial charge in [0.25, 0.3) is 5.56 Å². The predicted octanol–water partition coefficient (Wildman–Crippen LogP) is 2.58. The second-order valence-corrected chi connectivity index (χ2v) is 5.31. The fourth-order valence-corrected chi connectivity index (χ4v) is 2.24. The number of hydrogen-bond acceptors (Lipinski definition) is 4. The number of hydrogen-bond donors (Lipinski definition) is 0. The van der Waals surface area contributed by atoms with E-state index in [2.05, 4.69) is 5.16 Å². The molecule has 0 radical (unpaired) electrons. The lowest BCUT2D eigenvalue weighted by Gasteiger charge is -2.14. The van der Waals surface area contributed by atoms with E-state index in [1.165, 1.54) is 24.4 Å². The lowest BCUT2D eigenvalue weighted by atomic mass is 10.2. The Labute approximate surface area is 144 Å². The zero-order valence-electron chi connectivity index (χ0n) is 13.2. The highest BCUT2D eigenvalue weighted by molar-refractivity contribution is 6.33. The van der Waals surface area contributed by atoms with Gasteiger partial charge in [0.05, 0.1) is 11.9 Å². The van der Waals surface area contributed by atoms with Crippen LogP contribution in [-0.4, -0.2) is 22.0 Å². The molecular formula is C15H13ClF3N3O3. The SMILES string of the molecule is CCO/N=C/c1cc(-n2c(=O)cc(C(F)(F)F)n(C)c2=O)ccc1Cl. The van der Waals surface area contributed by atoms with Crippen LogP contribution in [-0.2, 0) is 18.1 Å².